The van der Waals surface area contributed by atoms with Gasteiger partial charge in [0.25, 0.3) is 0 Å². The third kappa shape index (κ3) is 76.8. The molecule has 0 aliphatic carbocycles. The standard InChI is InChI=1S/C85H166O17P2/c1-8-10-11-12-13-14-15-22-31-38-45-52-59-66-82(87)95-73-81(102-85(90)69-62-55-48-41-34-27-29-36-43-50-57-64-77(5)6)75-100-104(93,94)98-71-79(86)70-97-103(91,92)99-74-80(72-96-83(88)67-60-53-46-39-32-25-21-20-24-30-37-44-51-58-65-78(7)9-2)101-84(89)68-61-54-47-40-33-26-19-17-16-18-23-28-35-42-49-56-63-76(3)4/h76-81,86H,8-75H2,1-7H3,(H,91,92)(H,93,94)/t78?,79-,80-,81-/m1/s1. The Labute approximate surface area is 638 Å². The summed E-state index contributed by atoms with van der Waals surface area (Å²) in [5.41, 5.74) is 0. The van der Waals surface area contributed by atoms with Crippen LogP contribution >= 0.6 is 15.6 Å². The number of hydrogen-bond acceptors (Lipinski definition) is 15. The molecule has 3 unspecified atom stereocenters. The summed E-state index contributed by atoms with van der Waals surface area (Å²) in [4.78, 5) is 73.2. The van der Waals surface area contributed by atoms with Crippen LogP contribution in [0.15, 0.2) is 0 Å². The molecule has 0 spiro atoms. The maximum Gasteiger partial charge on any atom is 0.472 e. The minimum absolute atomic E-state index is 0.107. The molecule has 0 radical (unpaired) electrons. The Kier molecular flexibility index (Phi) is 73.7. The Hall–Kier alpha value is -1.94. The van der Waals surface area contributed by atoms with E-state index < -0.39 is 97.5 Å². The molecule has 0 saturated carbocycles. The fourth-order valence-electron chi connectivity index (χ4n) is 13.2. The van der Waals surface area contributed by atoms with E-state index in [0.717, 1.165) is 108 Å². The van der Waals surface area contributed by atoms with E-state index in [4.69, 9.17) is 37.0 Å². The molecule has 0 aromatic rings. The Balaban J connectivity index is 5.27. The summed E-state index contributed by atoms with van der Waals surface area (Å²) < 4.78 is 68.9. The first-order valence-corrected chi connectivity index (χ1v) is 46.9. The van der Waals surface area contributed by atoms with Crippen LogP contribution < -0.4 is 0 Å². The molecule has 6 atom stereocenters. The van der Waals surface area contributed by atoms with Crippen LogP contribution in [0.3, 0.4) is 0 Å². The van der Waals surface area contributed by atoms with E-state index in [2.05, 4.69) is 48.5 Å². The molecule has 0 heterocycles. The zero-order chi connectivity index (χ0) is 76.5. The fraction of sp³-hybridized carbons (Fsp3) is 0.953. The molecule has 104 heavy (non-hydrogen) atoms. The van der Waals surface area contributed by atoms with Crippen molar-refractivity contribution in [1.29, 1.82) is 0 Å². The maximum atomic E-state index is 13.1. The third-order valence-corrected chi connectivity index (χ3v) is 22.1. The lowest BCUT2D eigenvalue weighted by Gasteiger charge is -2.21. The monoisotopic (exact) mass is 1520 g/mol. The van der Waals surface area contributed by atoms with Crippen LogP contribution in [0.4, 0.5) is 0 Å². The first-order valence-electron chi connectivity index (χ1n) is 43.9. The van der Waals surface area contributed by atoms with Crippen LogP contribution in [0.5, 0.6) is 0 Å². The van der Waals surface area contributed by atoms with Gasteiger partial charge in [-0.2, -0.15) is 0 Å². The summed E-state index contributed by atoms with van der Waals surface area (Å²) in [6, 6.07) is 0. The molecule has 19 heteroatoms. The number of carbonyl (C=O) groups excluding carboxylic acids is 4. The first kappa shape index (κ1) is 102. The van der Waals surface area contributed by atoms with Gasteiger partial charge in [0.2, 0.25) is 0 Å². The van der Waals surface area contributed by atoms with Gasteiger partial charge >= 0.3 is 39.5 Å². The second kappa shape index (κ2) is 75.1. The number of ether oxygens (including phenoxy) is 4. The van der Waals surface area contributed by atoms with Crippen molar-refractivity contribution in [1.82, 2.24) is 0 Å². The van der Waals surface area contributed by atoms with Gasteiger partial charge in [0.15, 0.2) is 12.2 Å². The van der Waals surface area contributed by atoms with Crippen molar-refractivity contribution in [3.05, 3.63) is 0 Å². The summed E-state index contributed by atoms with van der Waals surface area (Å²) in [5, 5.41) is 10.7. The Morgan fingerprint density at radius 3 is 0.731 bits per heavy atom. The van der Waals surface area contributed by atoms with Crippen LogP contribution in [0.25, 0.3) is 0 Å². The van der Waals surface area contributed by atoms with Crippen molar-refractivity contribution < 1.29 is 80.2 Å². The predicted octanol–water partition coefficient (Wildman–Crippen LogP) is 25.7. The minimum Gasteiger partial charge on any atom is -0.462 e. The molecule has 0 amide bonds. The molecular formula is C85H166O17P2. The number of phosphoric acid groups is 2. The highest BCUT2D eigenvalue weighted by molar-refractivity contribution is 7.47. The van der Waals surface area contributed by atoms with Gasteiger partial charge in [0.1, 0.15) is 19.3 Å². The molecule has 0 aromatic carbocycles. The smallest absolute Gasteiger partial charge is 0.462 e. The van der Waals surface area contributed by atoms with Crippen molar-refractivity contribution in [2.75, 3.05) is 39.6 Å². The molecule has 0 fully saturated rings. The second-order valence-corrected chi connectivity index (χ2v) is 34.7. The van der Waals surface area contributed by atoms with Crippen molar-refractivity contribution in [2.24, 2.45) is 17.8 Å². The molecule has 17 nitrogen and oxygen atoms in total. The summed E-state index contributed by atoms with van der Waals surface area (Å²) in [7, 11) is -9.93. The van der Waals surface area contributed by atoms with E-state index in [1.165, 1.54) is 257 Å². The molecule has 0 rings (SSSR count). The highest BCUT2D eigenvalue weighted by atomic mass is 31.2. The van der Waals surface area contributed by atoms with E-state index in [9.17, 15) is 43.2 Å². The summed E-state index contributed by atoms with van der Waals surface area (Å²) in [6.07, 6.45) is 65.0. The van der Waals surface area contributed by atoms with Gasteiger partial charge in [-0.05, 0) is 43.4 Å². The van der Waals surface area contributed by atoms with Gasteiger partial charge in [0, 0.05) is 25.7 Å². The zero-order valence-electron chi connectivity index (χ0n) is 68.5. The second-order valence-electron chi connectivity index (χ2n) is 31.8. The zero-order valence-corrected chi connectivity index (χ0v) is 70.3. The van der Waals surface area contributed by atoms with Gasteiger partial charge in [-0.15, -0.1) is 0 Å². The molecule has 618 valence electrons. The topological polar surface area (TPSA) is 237 Å². The molecular weight excluding hydrogens is 1350 g/mol. The number of carbonyl (C=O) groups is 4. The van der Waals surface area contributed by atoms with Gasteiger partial charge in [-0.25, -0.2) is 9.13 Å². The number of aliphatic hydroxyl groups is 1. The normalized spacial score (nSPS) is 14.2. The third-order valence-electron chi connectivity index (χ3n) is 20.2. The van der Waals surface area contributed by atoms with Crippen molar-refractivity contribution in [3.8, 4) is 0 Å². The Bertz CT molecular complexity index is 2010. The summed E-state index contributed by atoms with van der Waals surface area (Å²) in [5.74, 6) is 0.321. The lowest BCUT2D eigenvalue weighted by molar-refractivity contribution is -0.161. The van der Waals surface area contributed by atoms with Gasteiger partial charge in [-0.1, -0.05) is 395 Å². The molecule has 0 bridgehead atoms. The van der Waals surface area contributed by atoms with Gasteiger partial charge in [0.05, 0.1) is 26.4 Å². The quantitative estimate of drug-likeness (QED) is 0.0222. The van der Waals surface area contributed by atoms with Crippen LogP contribution in [0.1, 0.15) is 447 Å². The van der Waals surface area contributed by atoms with E-state index in [1.54, 1.807) is 0 Å². The largest absolute Gasteiger partial charge is 0.472 e. The lowest BCUT2D eigenvalue weighted by Crippen LogP contribution is -2.30. The van der Waals surface area contributed by atoms with E-state index in [-0.39, 0.29) is 25.7 Å². The highest BCUT2D eigenvalue weighted by Gasteiger charge is 2.30. The fourth-order valence-corrected chi connectivity index (χ4v) is 14.7. The highest BCUT2D eigenvalue weighted by Crippen LogP contribution is 2.45. The SMILES string of the molecule is CCCCCCCCCCCCCCCC(=O)OC[C@H](COP(=O)(O)OC[C@H](O)COP(=O)(O)OC[C@@H](COC(=O)CCCCCCCCCCCCCCCCC(C)CC)OC(=O)CCCCCCCCCCCCCCCCCCC(C)C)OC(=O)CCCCCCCCCCCCCC(C)C. The number of phosphoric ester groups is 2. The summed E-state index contributed by atoms with van der Waals surface area (Å²) >= 11 is 0. The predicted molar refractivity (Wildman–Crippen MR) is 428 cm³/mol. The first-order chi connectivity index (χ1) is 50.3. The molecule has 0 aliphatic rings. The maximum absolute atomic E-state index is 13.1. The number of aliphatic hydroxyl groups excluding tert-OH is 1. The molecule has 0 aliphatic heterocycles. The molecule has 0 aromatic heterocycles. The minimum atomic E-state index is -4.97. The van der Waals surface area contributed by atoms with E-state index in [1.807, 2.05) is 0 Å². The number of hydrogen-bond donors (Lipinski definition) is 3. The average Bonchev–Trinajstić information content (AvgIpc) is 0.914. The van der Waals surface area contributed by atoms with E-state index in [0.29, 0.717) is 25.7 Å². The number of esters is 4. The van der Waals surface area contributed by atoms with Crippen LogP contribution in [-0.4, -0.2) is 96.7 Å². The van der Waals surface area contributed by atoms with E-state index >= 15 is 0 Å². The van der Waals surface area contributed by atoms with Gasteiger partial charge in [-0.3, -0.25) is 37.3 Å². The van der Waals surface area contributed by atoms with Crippen LogP contribution in [0, 0.1) is 17.8 Å². The average molecular weight is 1520 g/mol. The molecule has 3 N–H and O–H groups in total. The van der Waals surface area contributed by atoms with Crippen LogP contribution in [-0.2, 0) is 65.4 Å². The summed E-state index contributed by atoms with van der Waals surface area (Å²) in [6.45, 7) is 12.1. The Morgan fingerprint density at radius 2 is 0.490 bits per heavy atom. The van der Waals surface area contributed by atoms with Crippen molar-refractivity contribution >= 4 is 39.5 Å². The molecule has 0 saturated heterocycles. The van der Waals surface area contributed by atoms with Crippen molar-refractivity contribution in [2.45, 2.75) is 465 Å². The van der Waals surface area contributed by atoms with Gasteiger partial charge < -0.3 is 33.8 Å². The van der Waals surface area contributed by atoms with Crippen LogP contribution in [0.2, 0.25) is 0 Å². The number of rotatable bonds is 83. The Morgan fingerprint density at radius 1 is 0.279 bits per heavy atom. The lowest BCUT2D eigenvalue weighted by atomic mass is 9.99. The number of unbranched alkanes of at least 4 members (excludes halogenated alkanes) is 50. The van der Waals surface area contributed by atoms with Crippen molar-refractivity contribution in [3.63, 3.8) is 0 Å².